The van der Waals surface area contributed by atoms with E-state index in [1.807, 2.05) is 23.1 Å². The maximum atomic E-state index is 14.0. The normalized spacial score (nSPS) is 26.6. The van der Waals surface area contributed by atoms with Crippen molar-refractivity contribution in [2.24, 2.45) is 0 Å². The monoisotopic (exact) mass is 482 g/mol. The molecule has 1 saturated heterocycles. The van der Waals surface area contributed by atoms with Crippen LogP contribution >= 0.6 is 23.2 Å². The summed E-state index contributed by atoms with van der Waals surface area (Å²) in [6, 6.07) is 11.3. The largest absolute Gasteiger partial charge is 0.480 e. The molecule has 9 heteroatoms. The highest BCUT2D eigenvalue weighted by atomic mass is 35.5. The number of anilines is 1. The molecule has 3 atom stereocenters. The summed E-state index contributed by atoms with van der Waals surface area (Å²) in [6.07, 6.45) is 0.456. The van der Waals surface area contributed by atoms with Gasteiger partial charge < -0.3 is 10.0 Å². The minimum Gasteiger partial charge on any atom is -0.480 e. The van der Waals surface area contributed by atoms with Crippen molar-refractivity contribution in [1.82, 2.24) is 4.31 Å². The lowest BCUT2D eigenvalue weighted by Crippen LogP contribution is -2.63. The number of carboxylic acid groups (broad SMARTS) is 1. The van der Waals surface area contributed by atoms with Gasteiger partial charge in [0, 0.05) is 30.2 Å². The molecule has 1 N–H and O–H groups in total. The van der Waals surface area contributed by atoms with Gasteiger partial charge in [-0.2, -0.15) is 4.31 Å². The standard InChI is InChI=1S/C22H24Cl2N2O4S/c1-14-12-25(20-8-7-17(23)11-19(20)24)13-15(2)26(14)31(29,30)22(21(27)28)10-9-16-5-3-4-6-18(16)22/h3-8,11,14-15H,9-10,12-13H2,1-2H3,(H,27,28)/t14-,15+,22?. The van der Waals surface area contributed by atoms with Crippen molar-refractivity contribution in [2.45, 2.75) is 43.5 Å². The van der Waals surface area contributed by atoms with Crippen LogP contribution in [0.3, 0.4) is 0 Å². The summed E-state index contributed by atoms with van der Waals surface area (Å²) in [5.74, 6) is -1.32. The Labute approximate surface area is 192 Å². The Hall–Kier alpha value is -1.80. The second kappa shape index (κ2) is 7.96. The fourth-order valence-electron chi connectivity index (χ4n) is 5.07. The van der Waals surface area contributed by atoms with E-state index in [9.17, 15) is 18.3 Å². The highest BCUT2D eigenvalue weighted by Crippen LogP contribution is 2.46. The maximum Gasteiger partial charge on any atom is 0.331 e. The fourth-order valence-corrected chi connectivity index (χ4v) is 8.10. The summed E-state index contributed by atoms with van der Waals surface area (Å²) in [6.45, 7) is 4.39. The van der Waals surface area contributed by atoms with Crippen LogP contribution in [0.25, 0.3) is 0 Å². The Bertz CT molecular complexity index is 1130. The maximum absolute atomic E-state index is 14.0. The van der Waals surface area contributed by atoms with E-state index < -0.39 is 32.8 Å². The molecule has 0 aromatic heterocycles. The van der Waals surface area contributed by atoms with Gasteiger partial charge in [0.2, 0.25) is 14.8 Å². The van der Waals surface area contributed by atoms with E-state index >= 15 is 0 Å². The molecule has 2 aliphatic rings. The zero-order chi connectivity index (χ0) is 22.6. The van der Waals surface area contributed by atoms with Crippen LogP contribution in [0.2, 0.25) is 10.0 Å². The van der Waals surface area contributed by atoms with Gasteiger partial charge in [-0.3, -0.25) is 4.79 Å². The first kappa shape index (κ1) is 22.4. The van der Waals surface area contributed by atoms with E-state index in [4.69, 9.17) is 23.2 Å². The predicted octanol–water partition coefficient (Wildman–Crippen LogP) is 4.15. The van der Waals surface area contributed by atoms with Crippen LogP contribution < -0.4 is 4.90 Å². The highest BCUT2D eigenvalue weighted by Gasteiger charge is 2.60. The van der Waals surface area contributed by atoms with Gasteiger partial charge in [-0.1, -0.05) is 47.5 Å². The van der Waals surface area contributed by atoms with E-state index in [1.165, 1.54) is 4.31 Å². The second-order valence-corrected chi connectivity index (χ2v) is 11.2. The molecule has 6 nitrogen and oxygen atoms in total. The quantitative estimate of drug-likeness (QED) is 0.707. The van der Waals surface area contributed by atoms with Crippen molar-refractivity contribution < 1.29 is 18.3 Å². The molecule has 0 radical (unpaired) electrons. The zero-order valence-electron chi connectivity index (χ0n) is 17.3. The van der Waals surface area contributed by atoms with Gasteiger partial charge in [0.1, 0.15) is 0 Å². The number of fused-ring (bicyclic) bond motifs is 1. The number of nitrogens with zero attached hydrogens (tertiary/aromatic N) is 2. The summed E-state index contributed by atoms with van der Waals surface area (Å²) < 4.78 is 27.4. The van der Waals surface area contributed by atoms with Gasteiger partial charge in [-0.05, 0) is 56.0 Å². The van der Waals surface area contributed by atoms with Crippen LogP contribution in [0.15, 0.2) is 42.5 Å². The minimum absolute atomic E-state index is 0.0344. The fraction of sp³-hybridized carbons (Fsp3) is 0.409. The average Bonchev–Trinajstić information content (AvgIpc) is 3.08. The molecular weight excluding hydrogens is 459 g/mol. The number of halogens is 2. The van der Waals surface area contributed by atoms with Crippen molar-refractivity contribution >= 4 is 44.9 Å². The number of benzene rings is 2. The molecule has 0 amide bonds. The SMILES string of the molecule is C[C@@H]1CN(c2ccc(Cl)cc2Cl)C[C@H](C)N1S(=O)(=O)C1(C(=O)O)CCc2ccccc21. The number of sulfonamides is 1. The summed E-state index contributed by atoms with van der Waals surface area (Å²) in [7, 11) is -4.20. The summed E-state index contributed by atoms with van der Waals surface area (Å²) in [5.41, 5.74) is 1.94. The number of carbonyl (C=O) groups is 1. The Morgan fingerprint density at radius 1 is 1.10 bits per heavy atom. The molecule has 1 aliphatic carbocycles. The molecule has 1 fully saturated rings. The Balaban J connectivity index is 1.72. The van der Waals surface area contributed by atoms with Crippen molar-refractivity contribution in [3.05, 3.63) is 63.6 Å². The average molecular weight is 483 g/mol. The number of rotatable bonds is 4. The van der Waals surface area contributed by atoms with Crippen molar-refractivity contribution in [1.29, 1.82) is 0 Å². The third kappa shape index (κ3) is 3.42. The lowest BCUT2D eigenvalue weighted by molar-refractivity contribution is -0.140. The van der Waals surface area contributed by atoms with Gasteiger partial charge in [0.15, 0.2) is 0 Å². The third-order valence-corrected chi connectivity index (χ3v) is 9.64. The van der Waals surface area contributed by atoms with Crippen LogP contribution in [0, 0.1) is 0 Å². The first-order valence-electron chi connectivity index (χ1n) is 10.1. The Kier molecular flexibility index (Phi) is 5.75. The van der Waals surface area contributed by atoms with E-state index in [-0.39, 0.29) is 6.42 Å². The third-order valence-electron chi connectivity index (χ3n) is 6.35. The van der Waals surface area contributed by atoms with Crippen LogP contribution in [0.1, 0.15) is 31.4 Å². The Morgan fingerprint density at radius 2 is 1.74 bits per heavy atom. The van der Waals surface area contributed by atoms with E-state index in [0.29, 0.717) is 35.1 Å². The minimum atomic E-state index is -4.20. The molecule has 31 heavy (non-hydrogen) atoms. The smallest absolute Gasteiger partial charge is 0.331 e. The lowest BCUT2D eigenvalue weighted by atomic mass is 10.0. The molecular formula is C22H24Cl2N2O4S. The molecule has 1 heterocycles. The number of piperazine rings is 1. The molecule has 1 aliphatic heterocycles. The topological polar surface area (TPSA) is 77.9 Å². The first-order chi connectivity index (χ1) is 14.6. The van der Waals surface area contributed by atoms with Crippen molar-refractivity contribution in [3.8, 4) is 0 Å². The summed E-state index contributed by atoms with van der Waals surface area (Å²) >= 11 is 12.4. The molecule has 4 rings (SSSR count). The Morgan fingerprint density at radius 3 is 2.35 bits per heavy atom. The van der Waals surface area contributed by atoms with Gasteiger partial charge in [0.25, 0.3) is 0 Å². The van der Waals surface area contributed by atoms with Crippen molar-refractivity contribution in [3.63, 3.8) is 0 Å². The van der Waals surface area contributed by atoms with Gasteiger partial charge >= 0.3 is 5.97 Å². The number of hydrogen-bond acceptors (Lipinski definition) is 4. The van der Waals surface area contributed by atoms with Gasteiger partial charge in [-0.25, -0.2) is 8.42 Å². The molecule has 0 bridgehead atoms. The van der Waals surface area contributed by atoms with Crippen LogP contribution in [-0.4, -0.2) is 49.0 Å². The van der Waals surface area contributed by atoms with Crippen molar-refractivity contribution in [2.75, 3.05) is 18.0 Å². The number of hydrogen-bond donors (Lipinski definition) is 1. The van der Waals surface area contributed by atoms with Crippen LogP contribution in [0.5, 0.6) is 0 Å². The van der Waals surface area contributed by atoms with E-state index in [0.717, 1.165) is 11.3 Å². The highest BCUT2D eigenvalue weighted by molar-refractivity contribution is 7.91. The zero-order valence-corrected chi connectivity index (χ0v) is 19.6. The van der Waals surface area contributed by atoms with Gasteiger partial charge in [0.05, 0.1) is 10.7 Å². The molecule has 0 spiro atoms. The second-order valence-electron chi connectivity index (χ2n) is 8.32. The predicted molar refractivity (Wildman–Crippen MR) is 122 cm³/mol. The number of aliphatic carboxylic acids is 1. The molecule has 0 saturated carbocycles. The lowest BCUT2D eigenvalue weighted by Gasteiger charge is -2.47. The summed E-state index contributed by atoms with van der Waals surface area (Å²) in [4.78, 5) is 14.5. The first-order valence-corrected chi connectivity index (χ1v) is 12.3. The molecule has 166 valence electrons. The molecule has 2 aromatic rings. The van der Waals surface area contributed by atoms with Gasteiger partial charge in [-0.15, -0.1) is 0 Å². The van der Waals surface area contributed by atoms with Crippen LogP contribution in [0.4, 0.5) is 5.69 Å². The number of carboxylic acids is 1. The van der Waals surface area contributed by atoms with E-state index in [2.05, 4.69) is 0 Å². The van der Waals surface area contributed by atoms with Crippen LogP contribution in [-0.2, 0) is 26.0 Å². The molecule has 2 aromatic carbocycles. The number of aryl methyl sites for hydroxylation is 1. The van der Waals surface area contributed by atoms with E-state index in [1.54, 1.807) is 38.1 Å². The molecule has 1 unspecified atom stereocenters. The summed E-state index contributed by atoms with van der Waals surface area (Å²) in [5, 5.41) is 11.2.